The summed E-state index contributed by atoms with van der Waals surface area (Å²) in [6.07, 6.45) is 0. The summed E-state index contributed by atoms with van der Waals surface area (Å²) in [5, 5.41) is 10.3. The van der Waals surface area contributed by atoms with Crippen LogP contribution >= 0.6 is 11.8 Å². The van der Waals surface area contributed by atoms with E-state index in [1.165, 1.54) is 6.92 Å². The number of carbonyl (C=O) groups is 4. The third kappa shape index (κ3) is 6.14. The van der Waals surface area contributed by atoms with Gasteiger partial charge in [0, 0.05) is 6.92 Å². The highest BCUT2D eigenvalue weighted by Crippen LogP contribution is 1.99. The molecule has 0 aromatic carbocycles. The Morgan fingerprint density at radius 2 is 1.94 bits per heavy atom. The van der Waals surface area contributed by atoms with Crippen molar-refractivity contribution in [2.75, 3.05) is 12.3 Å². The zero-order valence-corrected chi connectivity index (χ0v) is 9.37. The lowest BCUT2D eigenvalue weighted by molar-refractivity contribution is -0.142. The molecule has 0 bridgehead atoms. The summed E-state index contributed by atoms with van der Waals surface area (Å²) in [5.41, 5.74) is 5.01. The van der Waals surface area contributed by atoms with E-state index in [2.05, 4.69) is 5.32 Å². The van der Waals surface area contributed by atoms with Crippen molar-refractivity contribution in [3.63, 3.8) is 0 Å². The highest BCUT2D eigenvalue weighted by molar-refractivity contribution is 8.14. The van der Waals surface area contributed by atoms with Crippen molar-refractivity contribution in [2.24, 2.45) is 5.73 Å². The first-order valence-corrected chi connectivity index (χ1v) is 5.24. The predicted octanol–water partition coefficient (Wildman–Crippen LogP) is -1.64. The third-order valence-electron chi connectivity index (χ3n) is 1.48. The first-order valence-electron chi connectivity index (χ1n) is 4.25. The third-order valence-corrected chi connectivity index (χ3v) is 2.29. The molecule has 0 radical (unpaired) electrons. The molecular weight excluding hydrogens is 236 g/mol. The normalized spacial score (nSPS) is 11.6. The molecule has 16 heavy (non-hydrogen) atoms. The monoisotopic (exact) mass is 248 g/mol. The Morgan fingerprint density at radius 3 is 2.38 bits per heavy atom. The summed E-state index contributed by atoms with van der Waals surface area (Å²) in [4.78, 5) is 42.8. The smallest absolute Gasteiger partial charge is 0.328 e. The Labute approximate surface area is 95.7 Å². The highest BCUT2D eigenvalue weighted by atomic mass is 32.2. The zero-order chi connectivity index (χ0) is 12.7. The van der Waals surface area contributed by atoms with Crippen LogP contribution in [0.25, 0.3) is 0 Å². The van der Waals surface area contributed by atoms with Crippen LogP contribution in [0.15, 0.2) is 0 Å². The summed E-state index contributed by atoms with van der Waals surface area (Å²) < 4.78 is 0. The lowest BCUT2D eigenvalue weighted by atomic mass is 10.2. The molecule has 0 saturated heterocycles. The van der Waals surface area contributed by atoms with Crippen LogP contribution in [0.3, 0.4) is 0 Å². The fourth-order valence-electron chi connectivity index (χ4n) is 0.652. The van der Waals surface area contributed by atoms with Crippen molar-refractivity contribution in [1.29, 1.82) is 0 Å². The number of rotatable bonds is 6. The van der Waals surface area contributed by atoms with Gasteiger partial charge < -0.3 is 16.2 Å². The molecule has 0 aliphatic heterocycles. The lowest BCUT2D eigenvalue weighted by Gasteiger charge is -2.06. The molecule has 0 aromatic heterocycles. The molecule has 0 heterocycles. The van der Waals surface area contributed by atoms with Gasteiger partial charge in [0.1, 0.15) is 0 Å². The van der Waals surface area contributed by atoms with Crippen molar-refractivity contribution in [3.8, 4) is 0 Å². The number of amides is 1. The summed E-state index contributed by atoms with van der Waals surface area (Å²) in [6, 6.07) is -1.64. The summed E-state index contributed by atoms with van der Waals surface area (Å²) >= 11 is 0.796. The van der Waals surface area contributed by atoms with Crippen LogP contribution in [-0.4, -0.2) is 46.2 Å². The summed E-state index contributed by atoms with van der Waals surface area (Å²) in [7, 11) is 0. The zero-order valence-electron chi connectivity index (χ0n) is 8.56. The fourth-order valence-corrected chi connectivity index (χ4v) is 1.09. The van der Waals surface area contributed by atoms with Crippen LogP contribution in [0, 0.1) is 0 Å². The molecule has 0 aromatic rings. The van der Waals surface area contributed by atoms with Crippen LogP contribution in [0.4, 0.5) is 0 Å². The fraction of sp³-hybridized carbons (Fsp3) is 0.500. The molecule has 90 valence electrons. The molecule has 0 saturated carbocycles. The van der Waals surface area contributed by atoms with Crippen LogP contribution in [-0.2, 0) is 19.2 Å². The first-order chi connectivity index (χ1) is 7.34. The minimum Gasteiger partial charge on any atom is -0.480 e. The summed E-state index contributed by atoms with van der Waals surface area (Å²) in [6.45, 7) is 0.855. The number of Topliss-reactive ketones (excluding diaryl/α,β-unsaturated/α-hetero) is 1. The Balaban J connectivity index is 3.88. The standard InChI is InChI=1S/C8H12N2O5S/c1-4(11)16-3-6(13)10-2-5(12)7(9)8(14)15/h7H,2-3,9H2,1H3,(H,10,13)(H,14,15). The van der Waals surface area contributed by atoms with E-state index in [1.807, 2.05) is 0 Å². The minimum absolute atomic E-state index is 0.106. The van der Waals surface area contributed by atoms with Gasteiger partial charge in [0.05, 0.1) is 12.3 Å². The number of thioether (sulfide) groups is 1. The number of hydrogen-bond donors (Lipinski definition) is 3. The lowest BCUT2D eigenvalue weighted by Crippen LogP contribution is -2.44. The number of aliphatic carboxylic acids is 1. The molecule has 4 N–H and O–H groups in total. The first kappa shape index (κ1) is 14.6. The maximum absolute atomic E-state index is 11.0. The number of nitrogens with two attached hydrogens (primary N) is 1. The van der Waals surface area contributed by atoms with Gasteiger partial charge >= 0.3 is 5.97 Å². The number of carboxylic acids is 1. The Bertz CT molecular complexity index is 318. The van der Waals surface area contributed by atoms with Gasteiger partial charge in [0.25, 0.3) is 0 Å². The molecule has 0 fully saturated rings. The quantitative estimate of drug-likeness (QED) is 0.481. The van der Waals surface area contributed by atoms with Gasteiger partial charge in [-0.15, -0.1) is 0 Å². The average molecular weight is 248 g/mol. The van der Waals surface area contributed by atoms with E-state index in [1.54, 1.807) is 0 Å². The van der Waals surface area contributed by atoms with Crippen molar-refractivity contribution in [3.05, 3.63) is 0 Å². The van der Waals surface area contributed by atoms with Crippen molar-refractivity contribution < 1.29 is 24.3 Å². The van der Waals surface area contributed by atoms with Gasteiger partial charge in [0.2, 0.25) is 5.91 Å². The molecule has 0 spiro atoms. The Morgan fingerprint density at radius 1 is 1.38 bits per heavy atom. The second-order valence-corrected chi connectivity index (χ2v) is 3.99. The number of nitrogens with one attached hydrogen (secondary N) is 1. The van der Waals surface area contributed by atoms with E-state index >= 15 is 0 Å². The van der Waals surface area contributed by atoms with Crippen molar-refractivity contribution in [2.45, 2.75) is 13.0 Å². The minimum atomic E-state index is -1.64. The molecule has 1 atom stereocenters. The summed E-state index contributed by atoms with van der Waals surface area (Å²) in [5.74, 6) is -2.87. The van der Waals surface area contributed by atoms with E-state index in [0.717, 1.165) is 11.8 Å². The number of ketones is 1. The van der Waals surface area contributed by atoms with E-state index in [9.17, 15) is 19.2 Å². The van der Waals surface area contributed by atoms with Crippen LogP contribution in [0.2, 0.25) is 0 Å². The molecule has 8 heteroatoms. The SMILES string of the molecule is CC(=O)SCC(=O)NCC(=O)C(N)C(=O)O. The molecule has 0 aliphatic carbocycles. The molecule has 1 unspecified atom stereocenters. The van der Waals surface area contributed by atoms with Crippen LogP contribution in [0.5, 0.6) is 0 Å². The topological polar surface area (TPSA) is 127 Å². The van der Waals surface area contributed by atoms with E-state index in [0.29, 0.717) is 0 Å². The maximum Gasteiger partial charge on any atom is 0.328 e. The van der Waals surface area contributed by atoms with Gasteiger partial charge in [-0.25, -0.2) is 0 Å². The second-order valence-electron chi connectivity index (χ2n) is 2.84. The second kappa shape index (κ2) is 6.96. The number of hydrogen-bond acceptors (Lipinski definition) is 6. The van der Waals surface area contributed by atoms with Gasteiger partial charge in [-0.3, -0.25) is 19.2 Å². The van der Waals surface area contributed by atoms with Gasteiger partial charge in [-0.1, -0.05) is 11.8 Å². The van der Waals surface area contributed by atoms with Crippen molar-refractivity contribution in [1.82, 2.24) is 5.32 Å². The van der Waals surface area contributed by atoms with Crippen molar-refractivity contribution >= 4 is 34.5 Å². The molecule has 0 aliphatic rings. The van der Waals surface area contributed by atoms with Gasteiger partial charge in [0.15, 0.2) is 16.9 Å². The predicted molar refractivity (Wildman–Crippen MR) is 56.8 cm³/mol. The Hall–Kier alpha value is -1.41. The average Bonchev–Trinajstić information content (AvgIpc) is 2.21. The van der Waals surface area contributed by atoms with E-state index in [-0.39, 0.29) is 10.9 Å². The van der Waals surface area contributed by atoms with E-state index < -0.39 is 30.2 Å². The van der Waals surface area contributed by atoms with E-state index in [4.69, 9.17) is 10.8 Å². The molecule has 1 amide bonds. The largest absolute Gasteiger partial charge is 0.480 e. The molecule has 7 nitrogen and oxygen atoms in total. The van der Waals surface area contributed by atoms with Gasteiger partial charge in [-0.2, -0.15) is 0 Å². The number of carbonyl (C=O) groups excluding carboxylic acids is 3. The molecule has 0 rings (SSSR count). The van der Waals surface area contributed by atoms with Crippen LogP contribution < -0.4 is 11.1 Å². The highest BCUT2D eigenvalue weighted by Gasteiger charge is 2.21. The molecular formula is C8H12N2O5S. The maximum atomic E-state index is 11.0. The Kier molecular flexibility index (Phi) is 6.35. The number of carboxylic acid groups (broad SMARTS) is 1. The van der Waals surface area contributed by atoms with Gasteiger partial charge in [-0.05, 0) is 0 Å². The van der Waals surface area contributed by atoms with Crippen LogP contribution in [0.1, 0.15) is 6.92 Å².